The number of carbonyl (C=O) groups is 1. The Balaban J connectivity index is 0.00000106. The molecule has 3 heteroatoms. The zero-order valence-corrected chi connectivity index (χ0v) is 14.9. The molecule has 0 bridgehead atoms. The Morgan fingerprint density at radius 1 is 1.00 bits per heavy atom. The largest absolute Gasteiger partial charge is 0.340 e. The lowest BCUT2D eigenvalue weighted by molar-refractivity contribution is -0.130. The van der Waals surface area contributed by atoms with Gasteiger partial charge in [0.15, 0.2) is 0 Å². The molecule has 1 aliphatic heterocycles. The van der Waals surface area contributed by atoms with Crippen molar-refractivity contribution >= 4 is 5.91 Å². The van der Waals surface area contributed by atoms with E-state index in [4.69, 9.17) is 0 Å². The van der Waals surface area contributed by atoms with Gasteiger partial charge in [0.25, 0.3) is 0 Å². The molecule has 2 rings (SSSR count). The third-order valence-electron chi connectivity index (χ3n) is 5.17. The molecule has 0 radical (unpaired) electrons. The van der Waals surface area contributed by atoms with Crippen molar-refractivity contribution in [3.63, 3.8) is 0 Å². The summed E-state index contributed by atoms with van der Waals surface area (Å²) in [6.45, 7) is 15.7. The van der Waals surface area contributed by atoms with Crippen molar-refractivity contribution < 1.29 is 4.79 Å². The van der Waals surface area contributed by atoms with Gasteiger partial charge in [-0.1, -0.05) is 27.7 Å². The normalized spacial score (nSPS) is 27.2. The van der Waals surface area contributed by atoms with Crippen LogP contribution >= 0.6 is 0 Å². The molecule has 1 heterocycles. The lowest BCUT2D eigenvalue weighted by Gasteiger charge is -2.38. The van der Waals surface area contributed by atoms with Gasteiger partial charge in [-0.15, -0.1) is 0 Å². The summed E-state index contributed by atoms with van der Waals surface area (Å²) in [5.74, 6) is 2.96. The van der Waals surface area contributed by atoms with Crippen molar-refractivity contribution in [2.45, 2.75) is 60.3 Å². The second kappa shape index (κ2) is 9.45. The third-order valence-corrected chi connectivity index (χ3v) is 5.17. The number of hydrogen-bond donors (Lipinski definition) is 0. The SMILES string of the molecule is CC.CC(=O)N1CCN(CC2CCC(C(C)C)CC2)CC1. The highest BCUT2D eigenvalue weighted by Crippen LogP contribution is 2.33. The van der Waals surface area contributed by atoms with Crippen LogP contribution in [0.4, 0.5) is 0 Å². The second-order valence-corrected chi connectivity index (χ2v) is 6.83. The van der Waals surface area contributed by atoms with E-state index in [9.17, 15) is 4.79 Å². The van der Waals surface area contributed by atoms with Crippen molar-refractivity contribution in [3.8, 4) is 0 Å². The second-order valence-electron chi connectivity index (χ2n) is 6.83. The smallest absolute Gasteiger partial charge is 0.219 e. The topological polar surface area (TPSA) is 23.6 Å². The highest BCUT2D eigenvalue weighted by atomic mass is 16.2. The van der Waals surface area contributed by atoms with Crippen LogP contribution in [0.3, 0.4) is 0 Å². The van der Waals surface area contributed by atoms with Gasteiger partial charge >= 0.3 is 0 Å². The summed E-state index contributed by atoms with van der Waals surface area (Å²) >= 11 is 0. The predicted molar refractivity (Wildman–Crippen MR) is 90.3 cm³/mol. The van der Waals surface area contributed by atoms with E-state index in [1.807, 2.05) is 18.7 Å². The summed E-state index contributed by atoms with van der Waals surface area (Å²) in [5.41, 5.74) is 0. The molecule has 0 atom stereocenters. The molecule has 2 aliphatic rings. The number of amides is 1. The van der Waals surface area contributed by atoms with Crippen LogP contribution in [0, 0.1) is 17.8 Å². The van der Waals surface area contributed by atoms with Crippen LogP contribution in [-0.2, 0) is 4.79 Å². The van der Waals surface area contributed by atoms with Gasteiger partial charge in [-0.05, 0) is 43.4 Å². The predicted octanol–water partition coefficient (Wildman–Crippen LogP) is 3.64. The Labute approximate surface area is 132 Å². The molecule has 1 saturated carbocycles. The van der Waals surface area contributed by atoms with Crippen LogP contribution in [0.25, 0.3) is 0 Å². The molecule has 124 valence electrons. The average Bonchev–Trinajstić information content (AvgIpc) is 2.50. The molecule has 0 unspecified atom stereocenters. The van der Waals surface area contributed by atoms with E-state index in [-0.39, 0.29) is 5.91 Å². The molecule has 2 fully saturated rings. The highest BCUT2D eigenvalue weighted by Gasteiger charge is 2.26. The zero-order valence-electron chi connectivity index (χ0n) is 14.9. The Morgan fingerprint density at radius 2 is 1.52 bits per heavy atom. The molecule has 0 aromatic rings. The van der Waals surface area contributed by atoms with Crippen molar-refractivity contribution in [1.29, 1.82) is 0 Å². The maximum Gasteiger partial charge on any atom is 0.219 e. The third kappa shape index (κ3) is 5.98. The van der Waals surface area contributed by atoms with Gasteiger partial charge in [-0.3, -0.25) is 9.69 Å². The Bertz CT molecular complexity index is 288. The first-order valence-electron chi connectivity index (χ1n) is 9.04. The number of piperazine rings is 1. The van der Waals surface area contributed by atoms with Crippen molar-refractivity contribution in [1.82, 2.24) is 9.80 Å². The van der Waals surface area contributed by atoms with Crippen molar-refractivity contribution in [2.75, 3.05) is 32.7 Å². The van der Waals surface area contributed by atoms with Crippen molar-refractivity contribution in [3.05, 3.63) is 0 Å². The maximum absolute atomic E-state index is 11.3. The van der Waals surface area contributed by atoms with Gasteiger partial charge in [0, 0.05) is 39.6 Å². The van der Waals surface area contributed by atoms with E-state index >= 15 is 0 Å². The van der Waals surface area contributed by atoms with Crippen LogP contribution < -0.4 is 0 Å². The van der Waals surface area contributed by atoms with E-state index in [1.54, 1.807) is 6.92 Å². The maximum atomic E-state index is 11.3. The quantitative estimate of drug-likeness (QED) is 0.794. The van der Waals surface area contributed by atoms with Gasteiger partial charge in [0.05, 0.1) is 0 Å². The molecule has 0 aromatic heterocycles. The number of rotatable bonds is 3. The summed E-state index contributed by atoms with van der Waals surface area (Å²) in [6, 6.07) is 0. The van der Waals surface area contributed by atoms with Gasteiger partial charge in [-0.2, -0.15) is 0 Å². The van der Waals surface area contributed by atoms with E-state index in [0.29, 0.717) is 0 Å². The summed E-state index contributed by atoms with van der Waals surface area (Å²) in [7, 11) is 0. The Hall–Kier alpha value is -0.570. The van der Waals surface area contributed by atoms with Crippen LogP contribution in [0.5, 0.6) is 0 Å². The molecule has 1 amide bonds. The van der Waals surface area contributed by atoms with Crippen molar-refractivity contribution in [2.24, 2.45) is 17.8 Å². The number of carbonyl (C=O) groups excluding carboxylic acids is 1. The fourth-order valence-electron chi connectivity index (χ4n) is 3.65. The van der Waals surface area contributed by atoms with Crippen LogP contribution in [0.2, 0.25) is 0 Å². The first-order valence-corrected chi connectivity index (χ1v) is 9.04. The molecule has 0 N–H and O–H groups in total. The first kappa shape index (κ1) is 18.5. The lowest BCUT2D eigenvalue weighted by atomic mass is 9.77. The summed E-state index contributed by atoms with van der Waals surface area (Å²) in [4.78, 5) is 15.9. The summed E-state index contributed by atoms with van der Waals surface area (Å²) in [5, 5.41) is 0. The zero-order chi connectivity index (χ0) is 15.8. The van der Waals surface area contributed by atoms with Crippen LogP contribution in [0.1, 0.15) is 60.3 Å². The first-order chi connectivity index (χ1) is 10.1. The fourth-order valence-corrected chi connectivity index (χ4v) is 3.65. The Kier molecular flexibility index (Phi) is 8.31. The minimum atomic E-state index is 0.233. The monoisotopic (exact) mass is 296 g/mol. The summed E-state index contributed by atoms with van der Waals surface area (Å²) < 4.78 is 0. The molecule has 1 saturated heterocycles. The van der Waals surface area contributed by atoms with E-state index in [0.717, 1.165) is 43.9 Å². The minimum absolute atomic E-state index is 0.233. The van der Waals surface area contributed by atoms with Crippen LogP contribution in [-0.4, -0.2) is 48.4 Å². The standard InChI is InChI=1S/C16H30N2O.C2H6/c1-13(2)16-6-4-15(5-7-16)12-17-8-10-18(11-9-17)14(3)19;1-2/h13,15-16H,4-12H2,1-3H3;1-2H3. The molecule has 3 nitrogen and oxygen atoms in total. The van der Waals surface area contributed by atoms with E-state index in [2.05, 4.69) is 18.7 Å². The van der Waals surface area contributed by atoms with Gasteiger partial charge in [0.2, 0.25) is 5.91 Å². The molecular formula is C18H36N2O. The Morgan fingerprint density at radius 3 is 1.95 bits per heavy atom. The molecule has 1 aliphatic carbocycles. The van der Waals surface area contributed by atoms with Gasteiger partial charge < -0.3 is 4.90 Å². The number of nitrogens with zero attached hydrogens (tertiary/aromatic N) is 2. The molecular weight excluding hydrogens is 260 g/mol. The average molecular weight is 296 g/mol. The minimum Gasteiger partial charge on any atom is -0.340 e. The molecule has 0 spiro atoms. The molecule has 21 heavy (non-hydrogen) atoms. The van der Waals surface area contributed by atoms with E-state index in [1.165, 1.54) is 32.2 Å². The number of hydrogen-bond acceptors (Lipinski definition) is 2. The van der Waals surface area contributed by atoms with Gasteiger partial charge in [-0.25, -0.2) is 0 Å². The van der Waals surface area contributed by atoms with Crippen LogP contribution in [0.15, 0.2) is 0 Å². The highest BCUT2D eigenvalue weighted by molar-refractivity contribution is 5.73. The summed E-state index contributed by atoms with van der Waals surface area (Å²) in [6.07, 6.45) is 5.68. The lowest BCUT2D eigenvalue weighted by Crippen LogP contribution is -2.49. The molecule has 0 aromatic carbocycles. The van der Waals surface area contributed by atoms with Gasteiger partial charge in [0.1, 0.15) is 0 Å². The van der Waals surface area contributed by atoms with E-state index < -0.39 is 0 Å². The fraction of sp³-hybridized carbons (Fsp3) is 0.944.